The number of nitrogens with two attached hydrogens (primary N) is 1. The molecule has 0 saturated carbocycles. The zero-order valence-corrected chi connectivity index (χ0v) is 12.6. The van der Waals surface area contributed by atoms with Gasteiger partial charge < -0.3 is 10.6 Å². The van der Waals surface area contributed by atoms with Crippen molar-refractivity contribution in [3.05, 3.63) is 52.4 Å². The first kappa shape index (κ1) is 14.8. The quantitative estimate of drug-likeness (QED) is 0.920. The number of nitrogens with zero attached hydrogens (tertiary/aromatic N) is 3. The molecule has 106 valence electrons. The highest BCUT2D eigenvalue weighted by molar-refractivity contribution is 6.33. The van der Waals surface area contributed by atoms with Gasteiger partial charge >= 0.3 is 0 Å². The van der Waals surface area contributed by atoms with Crippen LogP contribution in [-0.4, -0.2) is 16.5 Å². The second-order valence-corrected chi connectivity index (χ2v) is 5.04. The molecule has 2 rings (SSSR count). The molecule has 0 radical (unpaired) electrons. The van der Waals surface area contributed by atoms with Crippen molar-refractivity contribution in [2.75, 3.05) is 11.4 Å². The molecule has 4 nitrogen and oxygen atoms in total. The lowest BCUT2D eigenvalue weighted by atomic mass is 10.2. The van der Waals surface area contributed by atoms with Crippen LogP contribution in [0.15, 0.2) is 30.5 Å². The molecule has 2 aromatic rings. The van der Waals surface area contributed by atoms with Gasteiger partial charge in [0.1, 0.15) is 5.82 Å². The van der Waals surface area contributed by atoms with E-state index in [1.807, 2.05) is 31.2 Å². The van der Waals surface area contributed by atoms with Gasteiger partial charge in [0.05, 0.1) is 17.3 Å². The van der Waals surface area contributed by atoms with Gasteiger partial charge in [-0.1, -0.05) is 17.7 Å². The molecule has 0 aliphatic rings. The highest BCUT2D eigenvalue weighted by Gasteiger charge is 2.12. The minimum Gasteiger partial charge on any atom is -0.350 e. The largest absolute Gasteiger partial charge is 0.350 e. The maximum atomic E-state index is 6.30. The highest BCUT2D eigenvalue weighted by atomic mass is 35.5. The average Bonchev–Trinajstić information content (AvgIpc) is 2.45. The fourth-order valence-corrected chi connectivity index (χ4v) is 2.34. The molecule has 2 heterocycles. The minimum atomic E-state index is 0.443. The molecule has 0 spiro atoms. The summed E-state index contributed by atoms with van der Waals surface area (Å²) in [4.78, 5) is 11.0. The molecule has 2 N–H and O–H groups in total. The summed E-state index contributed by atoms with van der Waals surface area (Å²) < 4.78 is 0. The van der Waals surface area contributed by atoms with Gasteiger partial charge in [0.25, 0.3) is 0 Å². The normalized spacial score (nSPS) is 10.6. The summed E-state index contributed by atoms with van der Waals surface area (Å²) in [6.45, 7) is 6.00. The van der Waals surface area contributed by atoms with Crippen LogP contribution in [0.2, 0.25) is 5.02 Å². The molecule has 0 aromatic carbocycles. The Kier molecular flexibility index (Phi) is 4.93. The summed E-state index contributed by atoms with van der Waals surface area (Å²) in [6.07, 6.45) is 1.77. The number of halogens is 1. The van der Waals surface area contributed by atoms with Crippen LogP contribution in [0, 0.1) is 6.92 Å². The second kappa shape index (κ2) is 6.68. The Hall–Kier alpha value is -1.65. The van der Waals surface area contributed by atoms with E-state index in [2.05, 4.69) is 21.8 Å². The van der Waals surface area contributed by atoms with E-state index in [4.69, 9.17) is 17.3 Å². The number of aryl methyl sites for hydroxylation is 1. The number of hydrogen-bond acceptors (Lipinski definition) is 4. The monoisotopic (exact) mass is 290 g/mol. The van der Waals surface area contributed by atoms with Crippen molar-refractivity contribution in [3.63, 3.8) is 0 Å². The molecule has 0 saturated heterocycles. The van der Waals surface area contributed by atoms with E-state index in [9.17, 15) is 0 Å². The van der Waals surface area contributed by atoms with E-state index in [0.717, 1.165) is 29.3 Å². The number of aromatic nitrogens is 2. The van der Waals surface area contributed by atoms with E-state index in [-0.39, 0.29) is 0 Å². The summed E-state index contributed by atoms with van der Waals surface area (Å²) in [5.41, 5.74) is 8.55. The first-order valence-corrected chi connectivity index (χ1v) is 7.03. The predicted molar refractivity (Wildman–Crippen MR) is 82.8 cm³/mol. The lowest BCUT2D eigenvalue weighted by molar-refractivity contribution is 0.789. The van der Waals surface area contributed by atoms with Gasteiger partial charge in [-0.05, 0) is 37.6 Å². The van der Waals surface area contributed by atoms with Crippen LogP contribution >= 0.6 is 11.6 Å². The molecule has 0 aliphatic heterocycles. The SMILES string of the molecule is CCN(Cc1cccc(C)n1)c1ncc(CN)cc1Cl. The number of pyridine rings is 2. The molecule has 0 unspecified atom stereocenters. The first-order valence-electron chi connectivity index (χ1n) is 6.66. The zero-order valence-electron chi connectivity index (χ0n) is 11.8. The lowest BCUT2D eigenvalue weighted by Crippen LogP contribution is -2.24. The number of hydrogen-bond donors (Lipinski definition) is 1. The Bertz CT molecular complexity index is 586. The van der Waals surface area contributed by atoms with Crippen molar-refractivity contribution >= 4 is 17.4 Å². The van der Waals surface area contributed by atoms with Gasteiger partial charge in [0.15, 0.2) is 0 Å². The summed E-state index contributed by atoms with van der Waals surface area (Å²) in [7, 11) is 0. The predicted octanol–water partition coefficient (Wildman–Crippen LogP) is 2.92. The second-order valence-electron chi connectivity index (χ2n) is 4.64. The van der Waals surface area contributed by atoms with Crippen LogP contribution in [0.25, 0.3) is 0 Å². The lowest BCUT2D eigenvalue weighted by Gasteiger charge is -2.23. The van der Waals surface area contributed by atoms with Crippen molar-refractivity contribution in [1.29, 1.82) is 0 Å². The number of rotatable bonds is 5. The van der Waals surface area contributed by atoms with Gasteiger partial charge in [-0.25, -0.2) is 4.98 Å². The maximum absolute atomic E-state index is 6.30. The topological polar surface area (TPSA) is 55.0 Å². The van der Waals surface area contributed by atoms with E-state index < -0.39 is 0 Å². The van der Waals surface area contributed by atoms with E-state index in [1.165, 1.54) is 0 Å². The summed E-state index contributed by atoms with van der Waals surface area (Å²) in [5.74, 6) is 0.773. The van der Waals surface area contributed by atoms with E-state index in [1.54, 1.807) is 6.20 Å². The average molecular weight is 291 g/mol. The summed E-state index contributed by atoms with van der Waals surface area (Å²) in [6, 6.07) is 7.88. The molecule has 0 atom stereocenters. The molecular weight excluding hydrogens is 272 g/mol. The molecule has 2 aromatic heterocycles. The molecule has 5 heteroatoms. The van der Waals surface area contributed by atoms with Gasteiger partial charge in [0, 0.05) is 25.0 Å². The fraction of sp³-hybridized carbons (Fsp3) is 0.333. The van der Waals surface area contributed by atoms with Gasteiger partial charge in [-0.15, -0.1) is 0 Å². The molecule has 20 heavy (non-hydrogen) atoms. The molecule has 0 amide bonds. The fourth-order valence-electron chi connectivity index (χ4n) is 2.03. The third kappa shape index (κ3) is 3.46. The van der Waals surface area contributed by atoms with Crippen molar-refractivity contribution < 1.29 is 0 Å². The smallest absolute Gasteiger partial charge is 0.147 e. The van der Waals surface area contributed by atoms with Crippen LogP contribution in [0.5, 0.6) is 0 Å². The maximum Gasteiger partial charge on any atom is 0.147 e. The van der Waals surface area contributed by atoms with Gasteiger partial charge in [0.2, 0.25) is 0 Å². The Labute approximate surface area is 124 Å². The zero-order chi connectivity index (χ0) is 14.5. The highest BCUT2D eigenvalue weighted by Crippen LogP contribution is 2.25. The van der Waals surface area contributed by atoms with Crippen LogP contribution in [0.1, 0.15) is 23.9 Å². The van der Waals surface area contributed by atoms with E-state index in [0.29, 0.717) is 18.1 Å². The first-order chi connectivity index (χ1) is 9.63. The van der Waals surface area contributed by atoms with Crippen molar-refractivity contribution in [1.82, 2.24) is 9.97 Å². The minimum absolute atomic E-state index is 0.443. The van der Waals surface area contributed by atoms with E-state index >= 15 is 0 Å². The standard InChI is InChI=1S/C15H19ClN4/c1-3-20(10-13-6-4-5-11(2)19-13)15-14(16)7-12(8-17)9-18-15/h4-7,9H,3,8,10,17H2,1-2H3. The Morgan fingerprint density at radius 1 is 1.35 bits per heavy atom. The van der Waals surface area contributed by atoms with Crippen molar-refractivity contribution in [2.24, 2.45) is 5.73 Å². The molecule has 0 aliphatic carbocycles. The molecule has 0 bridgehead atoms. The number of anilines is 1. The van der Waals surface area contributed by atoms with Crippen LogP contribution in [0.4, 0.5) is 5.82 Å². The van der Waals surface area contributed by atoms with Gasteiger partial charge in [-0.3, -0.25) is 4.98 Å². The Morgan fingerprint density at radius 3 is 2.75 bits per heavy atom. The van der Waals surface area contributed by atoms with Crippen molar-refractivity contribution in [3.8, 4) is 0 Å². The Balaban J connectivity index is 2.24. The molecular formula is C15H19ClN4. The Morgan fingerprint density at radius 2 is 2.15 bits per heavy atom. The third-order valence-electron chi connectivity index (χ3n) is 3.09. The van der Waals surface area contributed by atoms with Crippen LogP contribution < -0.4 is 10.6 Å². The van der Waals surface area contributed by atoms with Gasteiger partial charge in [-0.2, -0.15) is 0 Å². The summed E-state index contributed by atoms with van der Waals surface area (Å²) >= 11 is 6.30. The van der Waals surface area contributed by atoms with Crippen molar-refractivity contribution in [2.45, 2.75) is 26.9 Å². The molecule has 0 fully saturated rings. The van der Waals surface area contributed by atoms with Crippen LogP contribution in [0.3, 0.4) is 0 Å². The van der Waals surface area contributed by atoms with Crippen LogP contribution in [-0.2, 0) is 13.1 Å². The summed E-state index contributed by atoms with van der Waals surface area (Å²) in [5, 5.41) is 0.627. The third-order valence-corrected chi connectivity index (χ3v) is 3.37.